The molecule has 5 nitrogen and oxygen atoms in total. The van der Waals surface area contributed by atoms with Crippen LogP contribution in [0, 0.1) is 0 Å². The Labute approximate surface area is 401 Å². The van der Waals surface area contributed by atoms with Crippen LogP contribution in [0.5, 0.6) is 0 Å². The number of hydrogen-bond acceptors (Lipinski definition) is 4. The van der Waals surface area contributed by atoms with Gasteiger partial charge in [0, 0.05) is 56.1 Å². The number of benzene rings is 10. The minimum absolute atomic E-state index is 0.166. The standard InChI is InChI=1S/C64H43N5/c1-4-16-45(17-5-1)62-65-63(46-18-6-2-7-19-46)67-64(66-62)47-32-39-52(40-33-47)68(51-37-30-44(31-38-51)61-56-25-12-10-22-53(56)54-23-11-13-26-57(54)61)50-35-28-43(29-36-50)48-34-41-60-58(42-48)55-24-14-15-27-59(55)69(60)49-20-8-3-9-21-49/h1-42,61H. The molecule has 0 aliphatic heterocycles. The number of anilines is 3. The van der Waals surface area contributed by atoms with Crippen LogP contribution in [-0.4, -0.2) is 19.5 Å². The molecule has 0 spiro atoms. The molecule has 10 aromatic carbocycles. The van der Waals surface area contributed by atoms with Crippen LogP contribution in [0.2, 0.25) is 0 Å². The smallest absolute Gasteiger partial charge is 0.164 e. The zero-order chi connectivity index (χ0) is 45.7. The Kier molecular flexibility index (Phi) is 9.83. The summed E-state index contributed by atoms with van der Waals surface area (Å²) in [7, 11) is 0. The van der Waals surface area contributed by atoms with Crippen molar-refractivity contribution < 1.29 is 0 Å². The third kappa shape index (κ3) is 7.16. The minimum atomic E-state index is 0.166. The highest BCUT2D eigenvalue weighted by atomic mass is 15.1. The monoisotopic (exact) mass is 881 g/mol. The second-order valence-electron chi connectivity index (χ2n) is 17.6. The summed E-state index contributed by atoms with van der Waals surface area (Å²) in [6.45, 7) is 0. The number of aromatic nitrogens is 4. The Morgan fingerprint density at radius 1 is 0.319 bits per heavy atom. The average Bonchev–Trinajstić information content (AvgIpc) is 3.95. The zero-order valence-electron chi connectivity index (χ0n) is 37.6. The Hall–Kier alpha value is -9.19. The van der Waals surface area contributed by atoms with Crippen molar-refractivity contribution >= 4 is 38.9 Å². The van der Waals surface area contributed by atoms with Gasteiger partial charge in [-0.1, -0.05) is 176 Å². The molecule has 0 N–H and O–H groups in total. The largest absolute Gasteiger partial charge is 0.311 e. The molecule has 2 aromatic heterocycles. The molecule has 13 rings (SSSR count). The van der Waals surface area contributed by atoms with Gasteiger partial charge in [0.05, 0.1) is 11.0 Å². The maximum Gasteiger partial charge on any atom is 0.164 e. The Bertz CT molecular complexity index is 3710. The summed E-state index contributed by atoms with van der Waals surface area (Å²) < 4.78 is 2.36. The normalized spacial score (nSPS) is 12.0. The van der Waals surface area contributed by atoms with E-state index >= 15 is 0 Å². The summed E-state index contributed by atoms with van der Waals surface area (Å²) >= 11 is 0. The van der Waals surface area contributed by atoms with E-state index in [2.05, 4.69) is 204 Å². The minimum Gasteiger partial charge on any atom is -0.311 e. The number of fused-ring (bicyclic) bond motifs is 6. The Morgan fingerprint density at radius 2 is 0.739 bits per heavy atom. The van der Waals surface area contributed by atoms with Gasteiger partial charge in [0.1, 0.15) is 0 Å². The molecule has 1 aliphatic carbocycles. The fourth-order valence-corrected chi connectivity index (χ4v) is 10.3. The number of nitrogens with zero attached hydrogens (tertiary/aromatic N) is 5. The van der Waals surface area contributed by atoms with Crippen molar-refractivity contribution in [3.05, 3.63) is 271 Å². The van der Waals surface area contributed by atoms with E-state index in [1.807, 2.05) is 60.7 Å². The summed E-state index contributed by atoms with van der Waals surface area (Å²) in [5, 5.41) is 2.47. The molecule has 324 valence electrons. The van der Waals surface area contributed by atoms with E-state index in [9.17, 15) is 0 Å². The molecule has 1 aliphatic rings. The van der Waals surface area contributed by atoms with E-state index in [0.717, 1.165) is 45.0 Å². The molecule has 0 saturated carbocycles. The van der Waals surface area contributed by atoms with Crippen LogP contribution in [-0.2, 0) is 0 Å². The highest BCUT2D eigenvalue weighted by Crippen LogP contribution is 2.48. The van der Waals surface area contributed by atoms with Gasteiger partial charge in [-0.15, -0.1) is 0 Å². The molecule has 0 radical (unpaired) electrons. The molecule has 2 heterocycles. The Balaban J connectivity index is 0.894. The van der Waals surface area contributed by atoms with E-state index in [4.69, 9.17) is 15.0 Å². The van der Waals surface area contributed by atoms with Crippen LogP contribution in [0.4, 0.5) is 17.1 Å². The fraction of sp³-hybridized carbons (Fsp3) is 0.0156. The first kappa shape index (κ1) is 40.1. The second kappa shape index (κ2) is 16.9. The lowest BCUT2D eigenvalue weighted by atomic mass is 9.89. The summed E-state index contributed by atoms with van der Waals surface area (Å²) in [4.78, 5) is 17.3. The highest BCUT2D eigenvalue weighted by molar-refractivity contribution is 6.10. The first-order chi connectivity index (χ1) is 34.2. The quantitative estimate of drug-likeness (QED) is 0.145. The van der Waals surface area contributed by atoms with Gasteiger partial charge in [-0.05, 0) is 118 Å². The first-order valence-corrected chi connectivity index (χ1v) is 23.5. The van der Waals surface area contributed by atoms with E-state index in [1.54, 1.807) is 0 Å². The molecule has 0 unspecified atom stereocenters. The predicted molar refractivity (Wildman–Crippen MR) is 283 cm³/mol. The zero-order valence-corrected chi connectivity index (χ0v) is 37.6. The van der Waals surface area contributed by atoms with E-state index in [-0.39, 0.29) is 5.92 Å². The summed E-state index contributed by atoms with van der Waals surface area (Å²) in [5.74, 6) is 2.06. The van der Waals surface area contributed by atoms with Gasteiger partial charge >= 0.3 is 0 Å². The van der Waals surface area contributed by atoms with Crippen LogP contribution in [0.25, 0.3) is 83.9 Å². The second-order valence-corrected chi connectivity index (χ2v) is 17.6. The van der Waals surface area contributed by atoms with Crippen LogP contribution < -0.4 is 4.90 Å². The van der Waals surface area contributed by atoms with Crippen LogP contribution in [0.15, 0.2) is 255 Å². The van der Waals surface area contributed by atoms with E-state index in [0.29, 0.717) is 17.5 Å². The first-order valence-electron chi connectivity index (χ1n) is 23.5. The van der Waals surface area contributed by atoms with Crippen molar-refractivity contribution in [2.75, 3.05) is 4.90 Å². The fourth-order valence-electron chi connectivity index (χ4n) is 10.3. The van der Waals surface area contributed by atoms with Crippen molar-refractivity contribution in [3.8, 4) is 62.1 Å². The van der Waals surface area contributed by atoms with Crippen molar-refractivity contribution in [1.29, 1.82) is 0 Å². The highest BCUT2D eigenvalue weighted by Gasteiger charge is 2.29. The molecule has 0 bridgehead atoms. The van der Waals surface area contributed by atoms with E-state index in [1.165, 1.54) is 55.2 Å². The lowest BCUT2D eigenvalue weighted by molar-refractivity contribution is 1.01. The number of rotatable bonds is 9. The average molecular weight is 882 g/mol. The van der Waals surface area contributed by atoms with Crippen LogP contribution in [0.1, 0.15) is 22.6 Å². The van der Waals surface area contributed by atoms with Gasteiger partial charge in [0.25, 0.3) is 0 Å². The molecule has 5 heteroatoms. The third-order valence-electron chi connectivity index (χ3n) is 13.5. The molecule has 12 aromatic rings. The summed E-state index contributed by atoms with van der Waals surface area (Å²) in [6, 6.07) is 90.7. The molecular weight excluding hydrogens is 839 g/mol. The Morgan fingerprint density at radius 3 is 1.30 bits per heavy atom. The van der Waals surface area contributed by atoms with Gasteiger partial charge in [-0.25, -0.2) is 15.0 Å². The SMILES string of the molecule is c1ccc(-c2nc(-c3ccccc3)nc(-c3ccc(N(c4ccc(-c5ccc6c(c5)c5ccccc5n6-c5ccccc5)cc4)c4ccc(C5c6ccccc6-c6ccccc65)cc4)cc3)n2)cc1. The van der Waals surface area contributed by atoms with Gasteiger partial charge in [-0.2, -0.15) is 0 Å². The predicted octanol–water partition coefficient (Wildman–Crippen LogP) is 16.3. The van der Waals surface area contributed by atoms with Gasteiger partial charge in [0.2, 0.25) is 0 Å². The van der Waals surface area contributed by atoms with E-state index < -0.39 is 0 Å². The molecule has 0 amide bonds. The van der Waals surface area contributed by atoms with Gasteiger partial charge in [0.15, 0.2) is 17.5 Å². The van der Waals surface area contributed by atoms with Crippen molar-refractivity contribution in [2.24, 2.45) is 0 Å². The molecule has 0 saturated heterocycles. The number of hydrogen-bond donors (Lipinski definition) is 0. The van der Waals surface area contributed by atoms with Crippen LogP contribution >= 0.6 is 0 Å². The number of para-hydroxylation sites is 2. The molecular formula is C64H43N5. The maximum atomic E-state index is 5.02. The van der Waals surface area contributed by atoms with Crippen molar-refractivity contribution in [1.82, 2.24) is 19.5 Å². The lowest BCUT2D eigenvalue weighted by Gasteiger charge is -2.26. The van der Waals surface area contributed by atoms with Crippen LogP contribution in [0.3, 0.4) is 0 Å². The van der Waals surface area contributed by atoms with Gasteiger partial charge < -0.3 is 9.47 Å². The van der Waals surface area contributed by atoms with Crippen molar-refractivity contribution in [2.45, 2.75) is 5.92 Å². The maximum absolute atomic E-state index is 5.02. The molecule has 0 atom stereocenters. The lowest BCUT2D eigenvalue weighted by Crippen LogP contribution is -2.10. The summed E-state index contributed by atoms with van der Waals surface area (Å²) in [5.41, 5.74) is 18.4. The molecule has 69 heavy (non-hydrogen) atoms. The van der Waals surface area contributed by atoms with Gasteiger partial charge in [-0.3, -0.25) is 0 Å². The third-order valence-corrected chi connectivity index (χ3v) is 13.5. The molecule has 0 fully saturated rings. The summed E-state index contributed by atoms with van der Waals surface area (Å²) in [6.07, 6.45) is 0. The van der Waals surface area contributed by atoms with Crippen molar-refractivity contribution in [3.63, 3.8) is 0 Å². The topological polar surface area (TPSA) is 46.8 Å².